The van der Waals surface area contributed by atoms with Gasteiger partial charge in [-0.15, -0.1) is 0 Å². The third-order valence-corrected chi connectivity index (χ3v) is 4.62. The summed E-state index contributed by atoms with van der Waals surface area (Å²) in [5.74, 6) is -0.668. The van der Waals surface area contributed by atoms with Gasteiger partial charge >= 0.3 is 0 Å². The van der Waals surface area contributed by atoms with E-state index in [9.17, 15) is 14.3 Å². The fraction of sp³-hybridized carbons (Fsp3) is 0.333. The molecule has 1 amide bonds. The van der Waals surface area contributed by atoms with Gasteiger partial charge in [-0.25, -0.2) is 4.39 Å². The maximum Gasteiger partial charge on any atom is 0.251 e. The number of rotatable bonds is 4. The zero-order valence-electron chi connectivity index (χ0n) is 13.5. The van der Waals surface area contributed by atoms with Gasteiger partial charge in [-0.1, -0.05) is 17.7 Å². The molecule has 7 heteroatoms. The number of hydrogen-bond donors (Lipinski definition) is 2. The highest BCUT2D eigenvalue weighted by Crippen LogP contribution is 2.19. The predicted molar refractivity (Wildman–Crippen MR) is 92.8 cm³/mol. The van der Waals surface area contributed by atoms with Crippen molar-refractivity contribution in [3.8, 4) is 0 Å². The first-order valence-corrected chi connectivity index (χ1v) is 8.46. The number of carbonyl (C=O) groups excluding carboxylic acids is 1. The van der Waals surface area contributed by atoms with E-state index in [1.807, 2.05) is 4.90 Å². The van der Waals surface area contributed by atoms with E-state index in [2.05, 4.69) is 10.3 Å². The lowest BCUT2D eigenvalue weighted by Crippen LogP contribution is -2.53. The van der Waals surface area contributed by atoms with Crippen molar-refractivity contribution in [2.24, 2.45) is 0 Å². The van der Waals surface area contributed by atoms with Gasteiger partial charge < -0.3 is 10.4 Å². The molecule has 0 saturated carbocycles. The Labute approximate surface area is 150 Å². The molecule has 1 saturated heterocycles. The molecule has 1 aromatic heterocycles. The number of β-amino-alcohol motifs (C(OH)–C–C–N with tert-alkyl or cyclic N) is 1. The van der Waals surface area contributed by atoms with Crippen LogP contribution in [0.25, 0.3) is 0 Å². The highest BCUT2D eigenvalue weighted by atomic mass is 35.5. The summed E-state index contributed by atoms with van der Waals surface area (Å²) in [6, 6.07) is 7.67. The van der Waals surface area contributed by atoms with Crippen LogP contribution >= 0.6 is 11.6 Å². The summed E-state index contributed by atoms with van der Waals surface area (Å²) in [5, 5.41) is 13.3. The van der Waals surface area contributed by atoms with Crippen LogP contribution in [0.2, 0.25) is 5.02 Å². The van der Waals surface area contributed by atoms with Gasteiger partial charge in [0.1, 0.15) is 5.82 Å². The third-order valence-electron chi connectivity index (χ3n) is 4.32. The van der Waals surface area contributed by atoms with Crippen molar-refractivity contribution >= 4 is 17.5 Å². The van der Waals surface area contributed by atoms with Crippen molar-refractivity contribution in [3.63, 3.8) is 0 Å². The van der Waals surface area contributed by atoms with Crippen LogP contribution in [0.4, 0.5) is 4.39 Å². The highest BCUT2D eigenvalue weighted by molar-refractivity contribution is 6.30. The molecule has 25 heavy (non-hydrogen) atoms. The fourth-order valence-electron chi connectivity index (χ4n) is 2.96. The number of aromatic nitrogens is 1. The van der Waals surface area contributed by atoms with Crippen LogP contribution in [-0.4, -0.2) is 46.1 Å². The number of piperidine rings is 1. The fourth-order valence-corrected chi connectivity index (χ4v) is 3.08. The Morgan fingerprint density at radius 2 is 2.12 bits per heavy atom. The van der Waals surface area contributed by atoms with E-state index in [0.717, 1.165) is 5.56 Å². The normalized spacial score (nSPS) is 21.1. The molecule has 0 radical (unpaired) electrons. The van der Waals surface area contributed by atoms with E-state index in [4.69, 9.17) is 11.6 Å². The summed E-state index contributed by atoms with van der Waals surface area (Å²) in [7, 11) is 0. The van der Waals surface area contributed by atoms with Gasteiger partial charge in [0.2, 0.25) is 0 Å². The van der Waals surface area contributed by atoms with Gasteiger partial charge in [0.25, 0.3) is 5.91 Å². The first-order valence-electron chi connectivity index (χ1n) is 8.08. The SMILES string of the molecule is O=C(N[C@@H]1CCN(Cc2ccc(Cl)c(F)c2)C[C@H]1O)c1ccncc1. The first kappa shape index (κ1) is 17.8. The Morgan fingerprint density at radius 1 is 1.36 bits per heavy atom. The monoisotopic (exact) mass is 363 g/mol. The second kappa shape index (κ2) is 7.91. The molecule has 2 heterocycles. The zero-order chi connectivity index (χ0) is 17.8. The summed E-state index contributed by atoms with van der Waals surface area (Å²) >= 11 is 5.69. The van der Waals surface area contributed by atoms with Crippen LogP contribution in [0.5, 0.6) is 0 Å². The van der Waals surface area contributed by atoms with Crippen molar-refractivity contribution in [2.45, 2.75) is 25.1 Å². The number of likely N-dealkylation sites (tertiary alicyclic amines) is 1. The number of hydrogen-bond acceptors (Lipinski definition) is 4. The molecule has 0 unspecified atom stereocenters. The molecule has 2 atom stereocenters. The first-order chi connectivity index (χ1) is 12.0. The summed E-state index contributed by atoms with van der Waals surface area (Å²) < 4.78 is 13.5. The largest absolute Gasteiger partial charge is 0.390 e. The summed E-state index contributed by atoms with van der Waals surface area (Å²) in [5.41, 5.74) is 1.31. The topological polar surface area (TPSA) is 65.5 Å². The number of amides is 1. The molecule has 1 aliphatic heterocycles. The molecule has 0 aliphatic carbocycles. The molecule has 1 aromatic carbocycles. The van der Waals surface area contributed by atoms with Crippen LogP contribution in [0.1, 0.15) is 22.3 Å². The Bertz CT molecular complexity index is 744. The van der Waals surface area contributed by atoms with E-state index in [-0.39, 0.29) is 17.0 Å². The van der Waals surface area contributed by atoms with Crippen molar-refractivity contribution in [1.29, 1.82) is 0 Å². The van der Waals surface area contributed by atoms with Crippen molar-refractivity contribution in [2.75, 3.05) is 13.1 Å². The minimum absolute atomic E-state index is 0.0984. The van der Waals surface area contributed by atoms with Gasteiger partial charge in [-0.05, 0) is 36.2 Å². The third kappa shape index (κ3) is 4.54. The summed E-state index contributed by atoms with van der Waals surface area (Å²) in [4.78, 5) is 18.1. The molecule has 132 valence electrons. The Morgan fingerprint density at radius 3 is 2.80 bits per heavy atom. The maximum atomic E-state index is 13.5. The Hall–Kier alpha value is -2.02. The van der Waals surface area contributed by atoms with E-state index in [1.54, 1.807) is 30.6 Å². The number of aliphatic hydroxyl groups is 1. The minimum atomic E-state index is -0.684. The molecule has 2 aromatic rings. The molecular weight excluding hydrogens is 345 g/mol. The molecule has 5 nitrogen and oxygen atoms in total. The van der Waals surface area contributed by atoms with Crippen LogP contribution in [0, 0.1) is 5.82 Å². The Kier molecular flexibility index (Phi) is 5.63. The number of carbonyl (C=O) groups is 1. The number of pyridine rings is 1. The number of aliphatic hydroxyl groups excluding tert-OH is 1. The minimum Gasteiger partial charge on any atom is -0.390 e. The van der Waals surface area contributed by atoms with Crippen LogP contribution in [-0.2, 0) is 6.54 Å². The number of benzene rings is 1. The molecule has 0 bridgehead atoms. The standard InChI is InChI=1S/C18H19ClFN3O2/c19-14-2-1-12(9-15(14)20)10-23-8-5-16(17(24)11-23)22-18(25)13-3-6-21-7-4-13/h1-4,6-7,9,16-17,24H,5,8,10-11H2,(H,22,25)/t16-,17-/m1/s1. The van der Waals surface area contributed by atoms with Crippen LogP contribution in [0.3, 0.4) is 0 Å². The lowest BCUT2D eigenvalue weighted by molar-refractivity contribution is 0.0349. The van der Waals surface area contributed by atoms with Crippen molar-refractivity contribution in [1.82, 2.24) is 15.2 Å². The van der Waals surface area contributed by atoms with E-state index < -0.39 is 11.9 Å². The van der Waals surface area contributed by atoms with Crippen LogP contribution in [0.15, 0.2) is 42.7 Å². The van der Waals surface area contributed by atoms with Gasteiger partial charge in [0.15, 0.2) is 0 Å². The van der Waals surface area contributed by atoms with Gasteiger partial charge in [0, 0.05) is 37.6 Å². The second-order valence-electron chi connectivity index (χ2n) is 6.16. The quantitative estimate of drug-likeness (QED) is 0.874. The Balaban J connectivity index is 1.55. The highest BCUT2D eigenvalue weighted by Gasteiger charge is 2.29. The van der Waals surface area contributed by atoms with Gasteiger partial charge in [-0.3, -0.25) is 14.7 Å². The number of nitrogens with zero attached hydrogens (tertiary/aromatic N) is 2. The van der Waals surface area contributed by atoms with Gasteiger partial charge in [0.05, 0.1) is 17.2 Å². The average molecular weight is 364 g/mol. The maximum absolute atomic E-state index is 13.5. The average Bonchev–Trinajstić information content (AvgIpc) is 2.61. The lowest BCUT2D eigenvalue weighted by atomic mass is 10.0. The molecule has 0 spiro atoms. The van der Waals surface area contributed by atoms with Gasteiger partial charge in [-0.2, -0.15) is 0 Å². The smallest absolute Gasteiger partial charge is 0.251 e. The number of nitrogens with one attached hydrogen (secondary N) is 1. The molecule has 2 N–H and O–H groups in total. The lowest BCUT2D eigenvalue weighted by Gasteiger charge is -2.36. The molecular formula is C18H19ClFN3O2. The van der Waals surface area contributed by atoms with Crippen molar-refractivity contribution in [3.05, 3.63) is 64.7 Å². The summed E-state index contributed by atoms with van der Waals surface area (Å²) in [6.45, 7) is 1.63. The number of halogens is 2. The van der Waals surface area contributed by atoms with Crippen LogP contribution < -0.4 is 5.32 Å². The van der Waals surface area contributed by atoms with E-state index in [1.165, 1.54) is 12.1 Å². The summed E-state index contributed by atoms with van der Waals surface area (Å²) in [6.07, 6.45) is 3.04. The zero-order valence-corrected chi connectivity index (χ0v) is 14.3. The van der Waals surface area contributed by atoms with E-state index in [0.29, 0.717) is 31.6 Å². The molecule has 3 rings (SSSR count). The molecule has 1 aliphatic rings. The van der Waals surface area contributed by atoms with Crippen molar-refractivity contribution < 1.29 is 14.3 Å². The predicted octanol–water partition coefficient (Wildman–Crippen LogP) is 2.24. The molecule has 1 fully saturated rings. The van der Waals surface area contributed by atoms with E-state index >= 15 is 0 Å². The second-order valence-corrected chi connectivity index (χ2v) is 6.56.